The molecule has 17 heteroatoms. The van der Waals surface area contributed by atoms with Crippen molar-refractivity contribution in [3.05, 3.63) is 106 Å². The van der Waals surface area contributed by atoms with Crippen LogP contribution < -0.4 is 9.62 Å². The molecule has 14 nitrogen and oxygen atoms in total. The maximum Gasteiger partial charge on any atom is 0.301 e. The Morgan fingerprint density at radius 3 is 2.36 bits per heavy atom. The molecule has 2 aliphatic heterocycles. The Morgan fingerprint density at radius 2 is 1.71 bits per heavy atom. The Balaban J connectivity index is 0.891. The second-order valence-electron chi connectivity index (χ2n) is 14.8. The predicted octanol–water partition coefficient (Wildman–Crippen LogP) is 5.89. The van der Waals surface area contributed by atoms with E-state index in [1.165, 1.54) is 18.8 Å². The van der Waals surface area contributed by atoms with Gasteiger partial charge >= 0.3 is 10.2 Å². The molecule has 3 aliphatic rings. The van der Waals surface area contributed by atoms with Crippen LogP contribution in [0.3, 0.4) is 0 Å². The highest BCUT2D eigenvalue weighted by atomic mass is 32.2. The van der Waals surface area contributed by atoms with Crippen molar-refractivity contribution in [2.45, 2.75) is 44.6 Å². The molecule has 1 aliphatic carbocycles. The van der Waals surface area contributed by atoms with E-state index in [1.807, 2.05) is 12.1 Å². The quantitative estimate of drug-likeness (QED) is 0.0937. The number of hydrogen-bond acceptors (Lipinski definition) is 10. The van der Waals surface area contributed by atoms with Gasteiger partial charge in [0.25, 0.3) is 5.69 Å². The summed E-state index contributed by atoms with van der Waals surface area (Å²) < 4.78 is 58.6. The average Bonchev–Trinajstić information content (AvgIpc) is 3.58. The number of H-pyrrole nitrogens is 1. The second-order valence-corrected chi connectivity index (χ2v) is 16.6. The number of piperidine rings is 1. The first-order valence-electron chi connectivity index (χ1n) is 18.1. The first-order valence-corrected chi connectivity index (χ1v) is 19.6. The Morgan fingerprint density at radius 1 is 1.04 bits per heavy atom. The number of pyridine rings is 1. The number of fused-ring (bicyclic) bond motifs is 1. The van der Waals surface area contributed by atoms with Crippen molar-refractivity contribution < 1.29 is 26.9 Å². The van der Waals surface area contributed by atoms with Gasteiger partial charge in [-0.1, -0.05) is 19.1 Å². The largest absolute Gasteiger partial charge is 0.345 e. The molecule has 0 unspecified atom stereocenters. The number of halogens is 2. The van der Waals surface area contributed by atoms with Crippen LogP contribution in [0.15, 0.2) is 67.3 Å². The first kappa shape index (κ1) is 36.6. The Labute approximate surface area is 315 Å². The summed E-state index contributed by atoms with van der Waals surface area (Å²) >= 11 is 0. The van der Waals surface area contributed by atoms with E-state index in [2.05, 4.69) is 34.5 Å². The number of likely N-dealkylation sites (tertiary alicyclic amines) is 1. The lowest BCUT2D eigenvalue weighted by atomic mass is 9.60. The van der Waals surface area contributed by atoms with Crippen LogP contribution >= 0.6 is 0 Å². The van der Waals surface area contributed by atoms with E-state index in [1.54, 1.807) is 43.7 Å². The summed E-state index contributed by atoms with van der Waals surface area (Å²) in [4.78, 5) is 45.5. The molecule has 3 fully saturated rings. The molecule has 1 spiro atoms. The summed E-state index contributed by atoms with van der Waals surface area (Å²) in [6.45, 7) is 5.53. The molecule has 55 heavy (non-hydrogen) atoms. The molecule has 0 bridgehead atoms. The number of non-ortho nitro benzene ring substituents is 1. The number of nitrogens with zero attached hydrogens (tertiary/aromatic N) is 7. The van der Waals surface area contributed by atoms with Crippen molar-refractivity contribution in [1.82, 2.24) is 29.1 Å². The van der Waals surface area contributed by atoms with Crippen LogP contribution in [0.25, 0.3) is 22.2 Å². The number of rotatable bonds is 11. The Kier molecular flexibility index (Phi) is 9.33. The molecule has 3 aromatic heterocycles. The minimum atomic E-state index is -4.13. The van der Waals surface area contributed by atoms with Crippen LogP contribution in [0, 0.1) is 27.2 Å². The number of nitro groups is 1. The molecule has 8 rings (SSSR count). The number of nitro benzene ring substituents is 1. The monoisotopic (exact) mass is 771 g/mol. The standard InChI is InChI=1S/C38H39F2N9O5S/c1-3-46(2)55(53,54)45-32-9-8-31(39)33(34(32)40)35(50)30-20-42-36-29(30)14-25(17-41-36)26-18-43-37(44-19-26)48-21-38(22-48)15-28(16-38)47-12-10-24(11-13-47)23-4-6-27(7-5-23)49(51)52/h4-9,14,17-20,24,28,45H,3,10-13,15-16,21-22H2,1-2H3,(H,41,42). The number of carbonyl (C=O) groups is 1. The molecule has 5 heterocycles. The molecule has 286 valence electrons. The Bertz CT molecular complexity index is 2390. The van der Waals surface area contributed by atoms with Gasteiger partial charge in [-0.15, -0.1) is 0 Å². The number of ketones is 1. The van der Waals surface area contributed by atoms with Gasteiger partial charge in [0.2, 0.25) is 11.7 Å². The predicted molar refractivity (Wildman–Crippen MR) is 202 cm³/mol. The number of anilines is 2. The molecule has 0 amide bonds. The van der Waals surface area contributed by atoms with E-state index >= 15 is 4.39 Å². The summed E-state index contributed by atoms with van der Waals surface area (Å²) in [5.74, 6) is -2.39. The third-order valence-corrected chi connectivity index (χ3v) is 13.0. The van der Waals surface area contributed by atoms with Gasteiger partial charge < -0.3 is 14.8 Å². The summed E-state index contributed by atoms with van der Waals surface area (Å²) in [5, 5.41) is 11.3. The minimum absolute atomic E-state index is 0.0380. The molecule has 0 radical (unpaired) electrons. The summed E-state index contributed by atoms with van der Waals surface area (Å²) in [6.07, 6.45) is 10.6. The fraction of sp³-hybridized carbons (Fsp3) is 0.368. The van der Waals surface area contributed by atoms with E-state index in [0.29, 0.717) is 40.1 Å². The van der Waals surface area contributed by atoms with Crippen molar-refractivity contribution in [3.63, 3.8) is 0 Å². The average molecular weight is 772 g/mol. The molecule has 1 saturated carbocycles. The van der Waals surface area contributed by atoms with Crippen molar-refractivity contribution in [3.8, 4) is 11.1 Å². The van der Waals surface area contributed by atoms with Crippen molar-refractivity contribution >= 4 is 44.3 Å². The van der Waals surface area contributed by atoms with Gasteiger partial charge in [-0.05, 0) is 68.5 Å². The lowest BCUT2D eigenvalue weighted by Gasteiger charge is -2.61. The number of aromatic nitrogens is 4. The molecule has 2 saturated heterocycles. The minimum Gasteiger partial charge on any atom is -0.345 e. The van der Waals surface area contributed by atoms with Crippen LogP contribution in [0.2, 0.25) is 0 Å². The van der Waals surface area contributed by atoms with Crippen LogP contribution in [-0.2, 0) is 10.2 Å². The van der Waals surface area contributed by atoms with Crippen LogP contribution in [0.5, 0.6) is 0 Å². The van der Waals surface area contributed by atoms with Crippen LogP contribution in [0.1, 0.15) is 60.0 Å². The van der Waals surface area contributed by atoms with Crippen molar-refractivity contribution in [2.24, 2.45) is 5.41 Å². The van der Waals surface area contributed by atoms with E-state index in [-0.39, 0.29) is 28.1 Å². The normalized spacial score (nSPS) is 17.7. The fourth-order valence-corrected chi connectivity index (χ4v) is 9.10. The molecule has 5 aromatic rings. The van der Waals surface area contributed by atoms with E-state index in [0.717, 1.165) is 68.3 Å². The number of hydrogen-bond donors (Lipinski definition) is 2. The van der Waals surface area contributed by atoms with Gasteiger partial charge in [-0.25, -0.2) is 23.7 Å². The lowest BCUT2D eigenvalue weighted by Crippen LogP contribution is -2.67. The highest BCUT2D eigenvalue weighted by molar-refractivity contribution is 7.90. The molecule has 2 aromatic carbocycles. The van der Waals surface area contributed by atoms with Crippen molar-refractivity contribution in [1.29, 1.82) is 0 Å². The smallest absolute Gasteiger partial charge is 0.301 e. The molecule has 0 atom stereocenters. The third kappa shape index (κ3) is 6.80. The van der Waals surface area contributed by atoms with Gasteiger partial charge in [0, 0.05) is 97.1 Å². The second kappa shape index (κ2) is 14.0. The zero-order valence-electron chi connectivity index (χ0n) is 30.2. The first-order chi connectivity index (χ1) is 26.3. The number of benzene rings is 2. The molecular formula is C38H39F2N9O5S. The zero-order chi connectivity index (χ0) is 38.6. The third-order valence-electron chi connectivity index (χ3n) is 11.5. The van der Waals surface area contributed by atoms with E-state index < -0.39 is 38.9 Å². The van der Waals surface area contributed by atoms with Crippen LogP contribution in [0.4, 0.5) is 26.1 Å². The SMILES string of the molecule is CCN(C)S(=O)(=O)Nc1ccc(F)c(C(=O)c2c[nH]c3ncc(-c4cnc(N5CC6(CC(N7CCC(c8ccc([N+](=O)[O-])cc8)CC7)C6)C5)nc4)cc23)c1F. The fourth-order valence-electron chi connectivity index (χ4n) is 8.17. The maximum atomic E-state index is 15.6. The van der Waals surface area contributed by atoms with E-state index in [4.69, 9.17) is 0 Å². The number of carbonyl (C=O) groups excluding carboxylic acids is 1. The van der Waals surface area contributed by atoms with Gasteiger partial charge in [0.1, 0.15) is 11.5 Å². The molecule has 2 N–H and O–H groups in total. The highest BCUT2D eigenvalue weighted by Crippen LogP contribution is 2.51. The van der Waals surface area contributed by atoms with Crippen molar-refractivity contribution in [2.75, 3.05) is 49.4 Å². The van der Waals surface area contributed by atoms with Gasteiger partial charge in [-0.3, -0.25) is 19.6 Å². The topological polar surface area (TPSA) is 171 Å². The zero-order valence-corrected chi connectivity index (χ0v) is 31.0. The Hall–Kier alpha value is -5.39. The van der Waals surface area contributed by atoms with Gasteiger partial charge in [0.05, 0.1) is 16.2 Å². The van der Waals surface area contributed by atoms with Crippen LogP contribution in [-0.4, -0.2) is 94.1 Å². The molecular weight excluding hydrogens is 733 g/mol. The van der Waals surface area contributed by atoms with E-state index in [9.17, 15) is 27.7 Å². The summed E-state index contributed by atoms with van der Waals surface area (Å²) in [6, 6.07) is 11.0. The van der Waals surface area contributed by atoms with Gasteiger partial charge in [0.15, 0.2) is 5.82 Å². The highest BCUT2D eigenvalue weighted by Gasteiger charge is 2.54. The summed E-state index contributed by atoms with van der Waals surface area (Å²) in [5.41, 5.74) is 1.64. The summed E-state index contributed by atoms with van der Waals surface area (Å²) in [7, 11) is -2.83. The maximum absolute atomic E-state index is 15.6. The number of aromatic amines is 1. The lowest BCUT2D eigenvalue weighted by molar-refractivity contribution is -0.384. The van der Waals surface area contributed by atoms with Gasteiger partial charge in [-0.2, -0.15) is 12.7 Å². The number of nitrogens with one attached hydrogen (secondary N) is 2.